The fourth-order valence-electron chi connectivity index (χ4n) is 11.6. The van der Waals surface area contributed by atoms with Crippen LogP contribution in [0.5, 0.6) is 0 Å². The van der Waals surface area contributed by atoms with Crippen LogP contribution in [0.25, 0.3) is 0 Å². The highest BCUT2D eigenvalue weighted by Gasteiger charge is 3.04. The van der Waals surface area contributed by atoms with Gasteiger partial charge >= 0.3 is 0 Å². The lowest BCUT2D eigenvalue weighted by atomic mass is 8.99. The molecule has 0 heteroatoms. The number of rotatable bonds is 0. The Morgan fingerprint density at radius 3 is 1.17 bits per heavy atom. The molecule has 0 saturated heterocycles. The minimum Gasteiger partial charge on any atom is -0.0617 e. The van der Waals surface area contributed by atoms with Crippen molar-refractivity contribution >= 4 is 0 Å². The molecule has 4 aliphatic carbocycles. The van der Waals surface area contributed by atoms with Crippen LogP contribution in [0.2, 0.25) is 0 Å². The fraction of sp³-hybridized carbons (Fsp3) is 1.00. The van der Waals surface area contributed by atoms with Crippen molar-refractivity contribution < 1.29 is 0 Å². The van der Waals surface area contributed by atoms with Crippen molar-refractivity contribution in [2.45, 2.75) is 83.1 Å². The molecule has 4 rings (SSSR count). The lowest BCUT2D eigenvalue weighted by molar-refractivity contribution is -0.578. The van der Waals surface area contributed by atoms with Gasteiger partial charge in [0.1, 0.15) is 0 Å². The molecule has 0 aromatic carbocycles. The summed E-state index contributed by atoms with van der Waals surface area (Å²) in [5.74, 6) is 3.33. The van der Waals surface area contributed by atoms with E-state index in [4.69, 9.17) is 0 Å². The SMILES string of the molecule is CC1C(C)C2(C)C(C)(C1(C)C)C1(C)C3(C)C(C)C(C)C3(C)C21C. The molecule has 0 N–H and O–H groups in total. The highest BCUT2D eigenvalue weighted by Crippen LogP contribution is 3.08. The standard InChI is InChI=1S/C23H40/c1-13-14(2)20(9)21(10,17(13,5)6)23(12)19(8)16(4)15(3)18(19,7)22(20,23)11/h13-16H,1-12H3. The summed E-state index contributed by atoms with van der Waals surface area (Å²) in [6.45, 7) is 31.5. The first-order valence-electron chi connectivity index (χ1n) is 10.1. The molecule has 10 atom stereocenters. The van der Waals surface area contributed by atoms with Gasteiger partial charge in [-0.15, -0.1) is 0 Å². The van der Waals surface area contributed by atoms with Gasteiger partial charge in [0.15, 0.2) is 0 Å². The van der Waals surface area contributed by atoms with Crippen LogP contribution in [-0.2, 0) is 0 Å². The van der Waals surface area contributed by atoms with Gasteiger partial charge in [-0.3, -0.25) is 0 Å². The molecule has 0 heterocycles. The highest BCUT2D eigenvalue weighted by atomic mass is 15.1. The van der Waals surface area contributed by atoms with Crippen LogP contribution in [0.15, 0.2) is 0 Å². The minimum absolute atomic E-state index is 0.415. The summed E-state index contributed by atoms with van der Waals surface area (Å²) in [5, 5.41) is 0. The van der Waals surface area contributed by atoms with E-state index in [9.17, 15) is 0 Å². The first-order valence-corrected chi connectivity index (χ1v) is 10.1. The Bertz CT molecular complexity index is 618. The Balaban J connectivity index is 2.04. The molecular formula is C23H40. The first kappa shape index (κ1) is 16.5. The van der Waals surface area contributed by atoms with Crippen LogP contribution in [0, 0.1) is 61.6 Å². The zero-order valence-corrected chi connectivity index (χ0v) is 17.8. The smallest absolute Gasteiger partial charge is 0.0134 e. The molecule has 132 valence electrons. The number of fused-ring (bicyclic) bond motifs is 7. The Hall–Kier alpha value is 0. The lowest BCUT2D eigenvalue weighted by Crippen LogP contribution is -3.00. The Labute approximate surface area is 145 Å². The summed E-state index contributed by atoms with van der Waals surface area (Å²) >= 11 is 0. The van der Waals surface area contributed by atoms with Gasteiger partial charge in [-0.05, 0) is 61.6 Å². The number of hydrogen-bond acceptors (Lipinski definition) is 0. The van der Waals surface area contributed by atoms with Crippen molar-refractivity contribution in [2.24, 2.45) is 61.6 Å². The van der Waals surface area contributed by atoms with Crippen molar-refractivity contribution in [2.75, 3.05) is 0 Å². The first-order chi connectivity index (χ1) is 10.1. The second kappa shape index (κ2) is 3.33. The summed E-state index contributed by atoms with van der Waals surface area (Å²) in [5.41, 5.74) is 3.26. The van der Waals surface area contributed by atoms with Crippen LogP contribution >= 0.6 is 0 Å². The monoisotopic (exact) mass is 316 g/mol. The molecule has 4 saturated carbocycles. The van der Waals surface area contributed by atoms with Crippen molar-refractivity contribution in [1.82, 2.24) is 0 Å². The van der Waals surface area contributed by atoms with E-state index < -0.39 is 0 Å². The summed E-state index contributed by atoms with van der Waals surface area (Å²) in [6.07, 6.45) is 0. The van der Waals surface area contributed by atoms with Gasteiger partial charge in [-0.25, -0.2) is 0 Å². The Morgan fingerprint density at radius 1 is 0.391 bits per heavy atom. The maximum Gasteiger partial charge on any atom is -0.0134 e. The van der Waals surface area contributed by atoms with Crippen LogP contribution in [-0.4, -0.2) is 0 Å². The Kier molecular flexibility index (Phi) is 2.38. The second-order valence-corrected chi connectivity index (χ2v) is 11.9. The fourth-order valence-corrected chi connectivity index (χ4v) is 11.6. The molecule has 0 amide bonds. The largest absolute Gasteiger partial charge is 0.0617 e. The predicted octanol–water partition coefficient (Wildman–Crippen LogP) is 6.65. The van der Waals surface area contributed by atoms with E-state index in [2.05, 4.69) is 83.1 Å². The summed E-state index contributed by atoms with van der Waals surface area (Å²) in [7, 11) is 0. The third-order valence-corrected chi connectivity index (χ3v) is 13.9. The molecule has 4 aliphatic rings. The van der Waals surface area contributed by atoms with Gasteiger partial charge < -0.3 is 0 Å². The van der Waals surface area contributed by atoms with E-state index in [1.54, 1.807) is 0 Å². The molecule has 0 spiro atoms. The third-order valence-electron chi connectivity index (χ3n) is 13.9. The summed E-state index contributed by atoms with van der Waals surface area (Å²) in [6, 6.07) is 0. The molecule has 0 radical (unpaired) electrons. The molecule has 23 heavy (non-hydrogen) atoms. The van der Waals surface area contributed by atoms with E-state index in [1.165, 1.54) is 0 Å². The van der Waals surface area contributed by atoms with Gasteiger partial charge in [-0.1, -0.05) is 83.1 Å². The van der Waals surface area contributed by atoms with E-state index in [1.807, 2.05) is 0 Å². The molecule has 0 aromatic rings. The van der Waals surface area contributed by atoms with Gasteiger partial charge in [0.05, 0.1) is 0 Å². The van der Waals surface area contributed by atoms with E-state index in [0.29, 0.717) is 37.9 Å². The molecule has 4 fully saturated rings. The van der Waals surface area contributed by atoms with Crippen molar-refractivity contribution in [3.8, 4) is 0 Å². The topological polar surface area (TPSA) is 0 Å². The van der Waals surface area contributed by atoms with Crippen LogP contribution in [0.1, 0.15) is 83.1 Å². The van der Waals surface area contributed by atoms with Gasteiger partial charge in [0.25, 0.3) is 0 Å². The van der Waals surface area contributed by atoms with Gasteiger partial charge in [0, 0.05) is 0 Å². The molecule has 10 unspecified atom stereocenters. The minimum atomic E-state index is 0.415. The average Bonchev–Trinajstić information content (AvgIpc) is 2.61. The molecule has 0 nitrogen and oxygen atoms in total. The zero-order valence-electron chi connectivity index (χ0n) is 17.8. The highest BCUT2D eigenvalue weighted by molar-refractivity contribution is 5.51. The van der Waals surface area contributed by atoms with Crippen molar-refractivity contribution in [3.05, 3.63) is 0 Å². The summed E-state index contributed by atoms with van der Waals surface area (Å²) in [4.78, 5) is 0. The summed E-state index contributed by atoms with van der Waals surface area (Å²) < 4.78 is 0. The van der Waals surface area contributed by atoms with Gasteiger partial charge in [-0.2, -0.15) is 0 Å². The zero-order chi connectivity index (χ0) is 17.8. The van der Waals surface area contributed by atoms with Crippen LogP contribution < -0.4 is 0 Å². The predicted molar refractivity (Wildman–Crippen MR) is 99.1 cm³/mol. The molecular weight excluding hydrogens is 276 g/mol. The van der Waals surface area contributed by atoms with E-state index >= 15 is 0 Å². The van der Waals surface area contributed by atoms with E-state index in [0.717, 1.165) is 23.7 Å². The van der Waals surface area contributed by atoms with Crippen molar-refractivity contribution in [3.63, 3.8) is 0 Å². The van der Waals surface area contributed by atoms with E-state index in [-0.39, 0.29) is 0 Å². The van der Waals surface area contributed by atoms with Gasteiger partial charge in [0.2, 0.25) is 0 Å². The normalized spacial score (nSPS) is 74.6. The van der Waals surface area contributed by atoms with Crippen LogP contribution in [0.4, 0.5) is 0 Å². The van der Waals surface area contributed by atoms with Crippen molar-refractivity contribution in [1.29, 1.82) is 0 Å². The maximum absolute atomic E-state index is 2.70. The third kappa shape index (κ3) is 0.814. The molecule has 0 aromatic heterocycles. The molecule has 0 bridgehead atoms. The van der Waals surface area contributed by atoms with Crippen LogP contribution in [0.3, 0.4) is 0 Å². The second-order valence-electron chi connectivity index (χ2n) is 11.9. The maximum atomic E-state index is 2.70. The molecule has 0 aliphatic heterocycles. The lowest BCUT2D eigenvalue weighted by Gasteiger charge is -3.04. The number of hydrogen-bond donors (Lipinski definition) is 0. The quantitative estimate of drug-likeness (QED) is 0.469. The Morgan fingerprint density at radius 2 is 0.739 bits per heavy atom. The average molecular weight is 317 g/mol.